The average molecular weight is 271 g/mol. The van der Waals surface area contributed by atoms with Gasteiger partial charge in [0.2, 0.25) is 5.91 Å². The van der Waals surface area contributed by atoms with Gasteiger partial charge in [0.05, 0.1) is 12.5 Å². The third-order valence-corrected chi connectivity index (χ3v) is 3.23. The highest BCUT2D eigenvalue weighted by Crippen LogP contribution is 2.13. The Morgan fingerprint density at radius 2 is 1.70 bits per heavy atom. The second kappa shape index (κ2) is 6.33. The Morgan fingerprint density at radius 1 is 1.10 bits per heavy atom. The van der Waals surface area contributed by atoms with Crippen LogP contribution in [-0.4, -0.2) is 5.91 Å². The highest BCUT2D eigenvalue weighted by atomic mass is 19.1. The Kier molecular flexibility index (Phi) is 4.51. The molecule has 0 fully saturated rings. The van der Waals surface area contributed by atoms with Gasteiger partial charge < -0.3 is 5.32 Å². The van der Waals surface area contributed by atoms with Crippen molar-refractivity contribution in [3.05, 3.63) is 71.0 Å². The molecule has 2 aromatic rings. The fraction of sp³-hybridized carbons (Fsp3) is 0.235. The number of amides is 1. The topological polar surface area (TPSA) is 29.1 Å². The van der Waals surface area contributed by atoms with Crippen molar-refractivity contribution in [2.75, 3.05) is 0 Å². The van der Waals surface area contributed by atoms with Gasteiger partial charge >= 0.3 is 0 Å². The maximum Gasteiger partial charge on any atom is 0.224 e. The van der Waals surface area contributed by atoms with Gasteiger partial charge in [-0.1, -0.05) is 42.0 Å². The fourth-order valence-electron chi connectivity index (χ4n) is 2.02. The van der Waals surface area contributed by atoms with Crippen LogP contribution in [0, 0.1) is 12.7 Å². The molecule has 0 saturated carbocycles. The summed E-state index contributed by atoms with van der Waals surface area (Å²) < 4.78 is 12.8. The highest BCUT2D eigenvalue weighted by Gasteiger charge is 2.10. The molecule has 20 heavy (non-hydrogen) atoms. The molecule has 2 nitrogen and oxygen atoms in total. The molecule has 0 aliphatic heterocycles. The van der Waals surface area contributed by atoms with Gasteiger partial charge in [-0.2, -0.15) is 0 Å². The van der Waals surface area contributed by atoms with E-state index < -0.39 is 0 Å². The lowest BCUT2D eigenvalue weighted by atomic mass is 10.1. The Labute approximate surface area is 118 Å². The summed E-state index contributed by atoms with van der Waals surface area (Å²) in [4.78, 5) is 12.0. The molecule has 0 aliphatic rings. The van der Waals surface area contributed by atoms with Crippen LogP contribution in [0.15, 0.2) is 48.5 Å². The summed E-state index contributed by atoms with van der Waals surface area (Å²) in [6, 6.07) is 13.9. The van der Waals surface area contributed by atoms with E-state index in [2.05, 4.69) is 5.32 Å². The molecule has 0 heterocycles. The minimum absolute atomic E-state index is 0.0364. The molecule has 0 bridgehead atoms. The molecular weight excluding hydrogens is 253 g/mol. The van der Waals surface area contributed by atoms with E-state index in [0.29, 0.717) is 6.42 Å². The van der Waals surface area contributed by atoms with E-state index in [4.69, 9.17) is 0 Å². The van der Waals surface area contributed by atoms with Crippen LogP contribution in [0.3, 0.4) is 0 Å². The van der Waals surface area contributed by atoms with Gasteiger partial charge in [0.25, 0.3) is 0 Å². The van der Waals surface area contributed by atoms with Crippen LogP contribution in [0.2, 0.25) is 0 Å². The van der Waals surface area contributed by atoms with Crippen molar-refractivity contribution in [3.8, 4) is 0 Å². The third kappa shape index (κ3) is 3.92. The zero-order valence-electron chi connectivity index (χ0n) is 11.7. The number of benzene rings is 2. The Bertz CT molecular complexity index is 575. The molecule has 0 aromatic heterocycles. The van der Waals surface area contributed by atoms with Crippen molar-refractivity contribution in [2.24, 2.45) is 0 Å². The third-order valence-electron chi connectivity index (χ3n) is 3.23. The predicted molar refractivity (Wildman–Crippen MR) is 77.8 cm³/mol. The molecule has 3 heteroatoms. The summed E-state index contributed by atoms with van der Waals surface area (Å²) in [5.74, 6) is -0.308. The summed E-state index contributed by atoms with van der Waals surface area (Å²) in [5.41, 5.74) is 3.05. The van der Waals surface area contributed by atoms with E-state index in [1.165, 1.54) is 17.7 Å². The predicted octanol–water partition coefficient (Wildman–Crippen LogP) is 3.55. The minimum atomic E-state index is -0.271. The van der Waals surface area contributed by atoms with Crippen molar-refractivity contribution in [3.63, 3.8) is 0 Å². The van der Waals surface area contributed by atoms with Gasteiger partial charge in [-0.15, -0.1) is 0 Å². The first kappa shape index (κ1) is 14.3. The van der Waals surface area contributed by atoms with E-state index in [0.717, 1.165) is 11.1 Å². The molecule has 1 unspecified atom stereocenters. The van der Waals surface area contributed by atoms with Crippen LogP contribution in [0.5, 0.6) is 0 Å². The van der Waals surface area contributed by atoms with Crippen LogP contribution in [0.1, 0.15) is 29.7 Å². The molecule has 104 valence electrons. The normalized spacial score (nSPS) is 11.9. The zero-order valence-corrected chi connectivity index (χ0v) is 11.7. The standard InChI is InChI=1S/C17H18FNO/c1-12-3-5-14(6-4-12)11-17(20)19-13(2)15-7-9-16(18)10-8-15/h3-10,13H,11H2,1-2H3,(H,19,20). The Morgan fingerprint density at radius 3 is 2.30 bits per heavy atom. The van der Waals surface area contributed by atoms with Crippen molar-refractivity contribution >= 4 is 5.91 Å². The summed E-state index contributed by atoms with van der Waals surface area (Å²) in [5, 5.41) is 2.92. The smallest absolute Gasteiger partial charge is 0.224 e. The second-order valence-electron chi connectivity index (χ2n) is 5.00. The maximum atomic E-state index is 12.8. The first-order valence-corrected chi connectivity index (χ1v) is 6.65. The number of carbonyl (C=O) groups is 1. The maximum absolute atomic E-state index is 12.8. The van der Waals surface area contributed by atoms with Crippen molar-refractivity contribution in [1.29, 1.82) is 0 Å². The summed E-state index contributed by atoms with van der Waals surface area (Å²) in [7, 11) is 0. The fourth-order valence-corrected chi connectivity index (χ4v) is 2.02. The number of carbonyl (C=O) groups excluding carboxylic acids is 1. The molecule has 1 N–H and O–H groups in total. The number of hydrogen-bond donors (Lipinski definition) is 1. The Hall–Kier alpha value is -2.16. The molecule has 0 spiro atoms. The first-order valence-electron chi connectivity index (χ1n) is 6.65. The van der Waals surface area contributed by atoms with E-state index >= 15 is 0 Å². The van der Waals surface area contributed by atoms with Gasteiger partial charge in [-0.3, -0.25) is 4.79 Å². The summed E-state index contributed by atoms with van der Waals surface area (Å²) >= 11 is 0. The Balaban J connectivity index is 1.93. The average Bonchev–Trinajstić information content (AvgIpc) is 2.42. The van der Waals surface area contributed by atoms with Crippen molar-refractivity contribution in [1.82, 2.24) is 5.32 Å². The monoisotopic (exact) mass is 271 g/mol. The van der Waals surface area contributed by atoms with Gasteiger partial charge in [-0.25, -0.2) is 4.39 Å². The first-order chi connectivity index (χ1) is 9.54. The van der Waals surface area contributed by atoms with E-state index in [-0.39, 0.29) is 17.8 Å². The number of rotatable bonds is 4. The van der Waals surface area contributed by atoms with Crippen molar-refractivity contribution < 1.29 is 9.18 Å². The van der Waals surface area contributed by atoms with Gasteiger partial charge in [-0.05, 0) is 37.1 Å². The van der Waals surface area contributed by atoms with E-state index in [9.17, 15) is 9.18 Å². The van der Waals surface area contributed by atoms with Gasteiger partial charge in [0, 0.05) is 0 Å². The van der Waals surface area contributed by atoms with Gasteiger partial charge in [0.15, 0.2) is 0 Å². The number of aryl methyl sites for hydroxylation is 1. The quantitative estimate of drug-likeness (QED) is 0.905. The van der Waals surface area contributed by atoms with E-state index in [1.54, 1.807) is 12.1 Å². The van der Waals surface area contributed by atoms with Crippen LogP contribution < -0.4 is 5.32 Å². The molecule has 2 rings (SSSR count). The highest BCUT2D eigenvalue weighted by molar-refractivity contribution is 5.79. The number of hydrogen-bond acceptors (Lipinski definition) is 1. The van der Waals surface area contributed by atoms with Crippen LogP contribution in [0.25, 0.3) is 0 Å². The van der Waals surface area contributed by atoms with Crippen LogP contribution in [0.4, 0.5) is 4.39 Å². The molecule has 0 saturated heterocycles. The van der Waals surface area contributed by atoms with E-state index in [1.807, 2.05) is 38.1 Å². The van der Waals surface area contributed by atoms with Crippen LogP contribution in [-0.2, 0) is 11.2 Å². The lowest BCUT2D eigenvalue weighted by Gasteiger charge is -2.14. The lowest BCUT2D eigenvalue weighted by molar-refractivity contribution is -0.121. The van der Waals surface area contributed by atoms with Crippen molar-refractivity contribution in [2.45, 2.75) is 26.3 Å². The number of nitrogens with one attached hydrogen (secondary N) is 1. The minimum Gasteiger partial charge on any atom is -0.349 e. The molecular formula is C17H18FNO. The number of halogens is 1. The molecule has 0 radical (unpaired) electrons. The summed E-state index contributed by atoms with van der Waals surface area (Å²) in [6.45, 7) is 3.90. The second-order valence-corrected chi connectivity index (χ2v) is 5.00. The largest absolute Gasteiger partial charge is 0.349 e. The molecule has 1 atom stereocenters. The molecule has 1 amide bonds. The summed E-state index contributed by atoms with van der Waals surface area (Å²) in [6.07, 6.45) is 0.353. The molecule has 2 aromatic carbocycles. The zero-order chi connectivity index (χ0) is 14.5. The SMILES string of the molecule is Cc1ccc(CC(=O)NC(C)c2ccc(F)cc2)cc1. The van der Waals surface area contributed by atoms with Gasteiger partial charge in [0.1, 0.15) is 5.82 Å². The van der Waals surface area contributed by atoms with Crippen LogP contribution >= 0.6 is 0 Å². The lowest BCUT2D eigenvalue weighted by Crippen LogP contribution is -2.28. The molecule has 0 aliphatic carbocycles.